The van der Waals surface area contributed by atoms with Crippen molar-refractivity contribution in [3.8, 4) is 0 Å². The van der Waals surface area contributed by atoms with E-state index in [-0.39, 0.29) is 5.91 Å². The lowest BCUT2D eigenvalue weighted by Gasteiger charge is -2.44. The standard InChI is InChI=1S/C15H26N4OS/c1-6-7-16-11(2)12-10-17-14(21-12)19-9-8-18(5)13(20)15(19,3)4/h10-11,16H,6-9H2,1-5H3. The topological polar surface area (TPSA) is 48.5 Å². The quantitative estimate of drug-likeness (QED) is 0.906. The molecule has 6 heteroatoms. The molecule has 0 bridgehead atoms. The summed E-state index contributed by atoms with van der Waals surface area (Å²) in [6.07, 6.45) is 3.06. The van der Waals surface area contributed by atoms with Crippen LogP contribution in [0.25, 0.3) is 0 Å². The minimum Gasteiger partial charge on any atom is -0.342 e. The molecule has 21 heavy (non-hydrogen) atoms. The van der Waals surface area contributed by atoms with Crippen molar-refractivity contribution in [2.24, 2.45) is 0 Å². The Bertz CT molecular complexity index is 500. The van der Waals surface area contributed by atoms with Gasteiger partial charge in [0.25, 0.3) is 0 Å². The van der Waals surface area contributed by atoms with E-state index in [9.17, 15) is 4.79 Å². The smallest absolute Gasteiger partial charge is 0.247 e. The van der Waals surface area contributed by atoms with E-state index in [1.54, 1.807) is 16.2 Å². The number of thiazole rings is 1. The Hall–Kier alpha value is -1.14. The largest absolute Gasteiger partial charge is 0.342 e. The average molecular weight is 310 g/mol. The van der Waals surface area contributed by atoms with E-state index >= 15 is 0 Å². The van der Waals surface area contributed by atoms with Crippen molar-refractivity contribution in [1.29, 1.82) is 0 Å². The Morgan fingerprint density at radius 3 is 2.86 bits per heavy atom. The number of piperazine rings is 1. The number of anilines is 1. The second-order valence-electron chi connectivity index (χ2n) is 6.16. The average Bonchev–Trinajstić information content (AvgIpc) is 2.91. The minimum atomic E-state index is -0.526. The first-order valence-corrected chi connectivity index (χ1v) is 8.42. The monoisotopic (exact) mass is 310 g/mol. The molecule has 1 saturated heterocycles. The molecule has 0 aromatic carbocycles. The van der Waals surface area contributed by atoms with E-state index in [1.807, 2.05) is 27.1 Å². The molecule has 1 aliphatic heterocycles. The van der Waals surface area contributed by atoms with E-state index in [0.717, 1.165) is 31.2 Å². The van der Waals surface area contributed by atoms with E-state index in [1.165, 1.54) is 4.88 Å². The van der Waals surface area contributed by atoms with Gasteiger partial charge < -0.3 is 15.1 Å². The molecule has 1 aliphatic rings. The first-order valence-electron chi connectivity index (χ1n) is 7.60. The van der Waals surface area contributed by atoms with Gasteiger partial charge >= 0.3 is 0 Å². The predicted octanol–water partition coefficient (Wildman–Crippen LogP) is 2.26. The van der Waals surface area contributed by atoms with Crippen LogP contribution in [0.4, 0.5) is 5.13 Å². The third-order valence-corrected chi connectivity index (χ3v) is 5.28. The number of carbonyl (C=O) groups is 1. The van der Waals surface area contributed by atoms with Crippen molar-refractivity contribution in [2.75, 3.05) is 31.6 Å². The van der Waals surface area contributed by atoms with Crippen molar-refractivity contribution in [3.05, 3.63) is 11.1 Å². The molecule has 1 N–H and O–H groups in total. The summed E-state index contributed by atoms with van der Waals surface area (Å²) in [4.78, 5) is 22.1. The number of hydrogen-bond donors (Lipinski definition) is 1. The van der Waals surface area contributed by atoms with Crippen molar-refractivity contribution in [2.45, 2.75) is 45.7 Å². The lowest BCUT2D eigenvalue weighted by Crippen LogP contribution is -2.62. The SMILES string of the molecule is CCCNC(C)c1cnc(N2CCN(C)C(=O)C2(C)C)s1. The molecule has 1 atom stereocenters. The molecule has 1 unspecified atom stereocenters. The van der Waals surface area contributed by atoms with Gasteiger partial charge in [0, 0.05) is 37.3 Å². The Kier molecular flexibility index (Phi) is 4.88. The number of nitrogens with one attached hydrogen (secondary N) is 1. The molecule has 1 aromatic rings. The molecule has 2 rings (SSSR count). The van der Waals surface area contributed by atoms with Gasteiger partial charge in [0.05, 0.1) is 0 Å². The van der Waals surface area contributed by atoms with Crippen LogP contribution in [0.1, 0.15) is 45.0 Å². The maximum absolute atomic E-state index is 12.4. The summed E-state index contributed by atoms with van der Waals surface area (Å²) in [5, 5.41) is 4.42. The van der Waals surface area contributed by atoms with Gasteiger partial charge in [-0.1, -0.05) is 6.92 Å². The number of nitrogens with zero attached hydrogens (tertiary/aromatic N) is 3. The number of aromatic nitrogens is 1. The Balaban J connectivity index is 2.15. The van der Waals surface area contributed by atoms with Crippen molar-refractivity contribution in [3.63, 3.8) is 0 Å². The lowest BCUT2D eigenvalue weighted by molar-refractivity contribution is -0.136. The number of hydrogen-bond acceptors (Lipinski definition) is 5. The predicted molar refractivity (Wildman–Crippen MR) is 87.9 cm³/mol. The normalized spacial score (nSPS) is 20.0. The van der Waals surface area contributed by atoms with Gasteiger partial charge in [0.1, 0.15) is 5.54 Å². The van der Waals surface area contributed by atoms with Crippen molar-refractivity contribution < 1.29 is 4.79 Å². The molecule has 0 saturated carbocycles. The van der Waals surface area contributed by atoms with Crippen LogP contribution in [0.3, 0.4) is 0 Å². The van der Waals surface area contributed by atoms with Crippen LogP contribution in [0.5, 0.6) is 0 Å². The van der Waals surface area contributed by atoms with Crippen LogP contribution in [0.15, 0.2) is 6.20 Å². The first-order chi connectivity index (χ1) is 9.87. The van der Waals surface area contributed by atoms with E-state index in [2.05, 4.69) is 29.0 Å². The zero-order valence-corrected chi connectivity index (χ0v) is 14.5. The molecule has 2 heterocycles. The lowest BCUT2D eigenvalue weighted by atomic mass is 9.99. The summed E-state index contributed by atoms with van der Waals surface area (Å²) in [7, 11) is 1.87. The fourth-order valence-corrected chi connectivity index (χ4v) is 3.72. The van der Waals surface area contributed by atoms with Gasteiger partial charge in [-0.25, -0.2) is 4.98 Å². The van der Waals surface area contributed by atoms with Crippen LogP contribution in [0.2, 0.25) is 0 Å². The summed E-state index contributed by atoms with van der Waals surface area (Å²) < 4.78 is 0. The fraction of sp³-hybridized carbons (Fsp3) is 0.733. The van der Waals surface area contributed by atoms with Crippen molar-refractivity contribution >= 4 is 22.4 Å². The van der Waals surface area contributed by atoms with Crippen LogP contribution < -0.4 is 10.2 Å². The minimum absolute atomic E-state index is 0.155. The van der Waals surface area contributed by atoms with Crippen LogP contribution >= 0.6 is 11.3 Å². The Morgan fingerprint density at radius 2 is 2.19 bits per heavy atom. The molecule has 0 radical (unpaired) electrons. The van der Waals surface area contributed by atoms with Crippen LogP contribution in [-0.2, 0) is 4.79 Å². The molecule has 1 amide bonds. The maximum atomic E-state index is 12.4. The number of amides is 1. The van der Waals surface area contributed by atoms with E-state index in [0.29, 0.717) is 6.04 Å². The third-order valence-electron chi connectivity index (χ3n) is 4.07. The highest BCUT2D eigenvalue weighted by molar-refractivity contribution is 7.15. The first kappa shape index (κ1) is 16.2. The number of carbonyl (C=O) groups excluding carboxylic acids is 1. The number of rotatable bonds is 5. The van der Waals surface area contributed by atoms with Gasteiger partial charge in [-0.15, -0.1) is 11.3 Å². The van der Waals surface area contributed by atoms with Gasteiger partial charge in [-0.3, -0.25) is 4.79 Å². The van der Waals surface area contributed by atoms with Gasteiger partial charge in [-0.05, 0) is 33.7 Å². The molecule has 0 spiro atoms. The molecule has 1 fully saturated rings. The zero-order chi connectivity index (χ0) is 15.6. The highest BCUT2D eigenvalue weighted by Crippen LogP contribution is 2.33. The van der Waals surface area contributed by atoms with Crippen LogP contribution in [0, 0.1) is 0 Å². The Morgan fingerprint density at radius 1 is 1.48 bits per heavy atom. The van der Waals surface area contributed by atoms with Crippen LogP contribution in [-0.4, -0.2) is 48.0 Å². The van der Waals surface area contributed by atoms with Gasteiger partial charge in [0.15, 0.2) is 5.13 Å². The highest BCUT2D eigenvalue weighted by atomic mass is 32.1. The maximum Gasteiger partial charge on any atom is 0.247 e. The molecule has 1 aromatic heterocycles. The van der Waals surface area contributed by atoms with Gasteiger partial charge in [0.2, 0.25) is 5.91 Å². The Labute approximate surface area is 131 Å². The summed E-state index contributed by atoms with van der Waals surface area (Å²) in [6, 6.07) is 0.308. The van der Waals surface area contributed by atoms with E-state index < -0.39 is 5.54 Å². The molecule has 118 valence electrons. The molecular weight excluding hydrogens is 284 g/mol. The summed E-state index contributed by atoms with van der Waals surface area (Å²) in [5.41, 5.74) is -0.526. The van der Waals surface area contributed by atoms with E-state index in [4.69, 9.17) is 0 Å². The molecule has 0 aliphatic carbocycles. The second-order valence-corrected chi connectivity index (χ2v) is 7.20. The second kappa shape index (κ2) is 6.32. The third kappa shape index (κ3) is 3.21. The fourth-order valence-electron chi connectivity index (χ4n) is 2.61. The van der Waals surface area contributed by atoms with Crippen molar-refractivity contribution in [1.82, 2.24) is 15.2 Å². The zero-order valence-electron chi connectivity index (χ0n) is 13.6. The summed E-state index contributed by atoms with van der Waals surface area (Å²) in [6.45, 7) is 10.9. The number of likely N-dealkylation sites (N-methyl/N-ethyl adjacent to an activating group) is 1. The molecular formula is C15H26N4OS. The molecule has 5 nitrogen and oxygen atoms in total. The summed E-state index contributed by atoms with van der Waals surface area (Å²) >= 11 is 1.69. The summed E-state index contributed by atoms with van der Waals surface area (Å²) in [5.74, 6) is 0.155. The van der Waals surface area contributed by atoms with Gasteiger partial charge in [-0.2, -0.15) is 0 Å². The highest BCUT2D eigenvalue weighted by Gasteiger charge is 2.41.